The molecule has 0 spiro atoms. The average molecular weight is 675 g/mol. The van der Waals surface area contributed by atoms with Crippen molar-refractivity contribution in [2.45, 2.75) is 50.4 Å². The minimum absolute atomic E-state index is 0.0787. The van der Waals surface area contributed by atoms with Crippen LogP contribution in [0.25, 0.3) is 0 Å². The van der Waals surface area contributed by atoms with Crippen molar-refractivity contribution in [2.24, 2.45) is 5.92 Å². The molecule has 1 saturated heterocycles. The zero-order valence-corrected chi connectivity index (χ0v) is 27.2. The Morgan fingerprint density at radius 3 is 2.34 bits per heavy atom. The van der Waals surface area contributed by atoms with Crippen LogP contribution in [-0.4, -0.2) is 118 Å². The van der Waals surface area contributed by atoms with Gasteiger partial charge in [0.15, 0.2) is 0 Å². The SMILES string of the molecule is CC(C)C[C@@H](NC(=O)[C@@H](Cc1ccccc1)NC(=O)c1cnccn1)B1OCCN(CCNC(=O)CC(O)(C(=O)O)[P+](=O)O)CCO1. The molecule has 16 nitrogen and oxygen atoms in total. The van der Waals surface area contributed by atoms with Crippen LogP contribution >= 0.6 is 8.03 Å². The molecule has 2 heterocycles. The van der Waals surface area contributed by atoms with E-state index in [0.717, 1.165) is 5.56 Å². The topological polar surface area (TPSA) is 230 Å². The van der Waals surface area contributed by atoms with E-state index < -0.39 is 62.6 Å². The first kappa shape index (κ1) is 37.6. The maximum absolute atomic E-state index is 13.7. The molecule has 0 saturated carbocycles. The third kappa shape index (κ3) is 12.0. The van der Waals surface area contributed by atoms with E-state index in [-0.39, 0.29) is 37.8 Å². The molecule has 3 amide bonds. The molecule has 6 N–H and O–H groups in total. The minimum Gasteiger partial charge on any atom is -0.476 e. The Morgan fingerprint density at radius 1 is 1.09 bits per heavy atom. The summed E-state index contributed by atoms with van der Waals surface area (Å²) in [5, 5.41) is 24.0. The summed E-state index contributed by atoms with van der Waals surface area (Å²) < 4.78 is 23.3. The van der Waals surface area contributed by atoms with Gasteiger partial charge in [0.05, 0.1) is 12.1 Å². The van der Waals surface area contributed by atoms with Gasteiger partial charge in [0, 0.05) is 58.2 Å². The first-order valence-electron chi connectivity index (χ1n) is 15.1. The number of rotatable bonds is 16. The molecule has 3 rings (SSSR count). The van der Waals surface area contributed by atoms with E-state index in [1.165, 1.54) is 18.6 Å². The second-order valence-corrected chi connectivity index (χ2v) is 12.7. The molecule has 0 radical (unpaired) electrons. The van der Waals surface area contributed by atoms with Gasteiger partial charge in [-0.2, -0.15) is 4.89 Å². The smallest absolute Gasteiger partial charge is 0.476 e. The quantitative estimate of drug-likeness (QED) is 0.0997. The highest BCUT2D eigenvalue weighted by Crippen LogP contribution is 2.35. The largest absolute Gasteiger partial charge is 0.554 e. The molecule has 1 aliphatic rings. The number of carboxylic acids is 1. The summed E-state index contributed by atoms with van der Waals surface area (Å²) in [5.74, 6) is -4.17. The van der Waals surface area contributed by atoms with Gasteiger partial charge in [0.2, 0.25) is 11.8 Å². The van der Waals surface area contributed by atoms with Gasteiger partial charge >= 0.3 is 26.5 Å². The predicted octanol–water partition coefficient (Wildman–Crippen LogP) is -0.261. The van der Waals surface area contributed by atoms with Gasteiger partial charge in [-0.25, -0.2) is 9.78 Å². The van der Waals surface area contributed by atoms with Crippen LogP contribution in [-0.2, 0) is 34.7 Å². The molecule has 1 fully saturated rings. The summed E-state index contributed by atoms with van der Waals surface area (Å²) in [5.41, 5.74) is 0.931. The number of nitrogens with zero attached hydrogens (tertiary/aromatic N) is 3. The molecule has 1 aliphatic heterocycles. The van der Waals surface area contributed by atoms with E-state index in [0.29, 0.717) is 26.1 Å². The number of aliphatic carboxylic acids is 1. The Hall–Kier alpha value is -3.86. The number of hydrogen-bond donors (Lipinski definition) is 6. The first-order valence-corrected chi connectivity index (χ1v) is 16.4. The average Bonchev–Trinajstić information content (AvgIpc) is 3.01. The van der Waals surface area contributed by atoms with E-state index in [2.05, 4.69) is 25.9 Å². The van der Waals surface area contributed by atoms with Crippen LogP contribution < -0.4 is 16.0 Å². The fourth-order valence-corrected chi connectivity index (χ4v) is 5.26. The Morgan fingerprint density at radius 2 is 1.77 bits per heavy atom. The molecule has 1 aromatic heterocycles. The minimum atomic E-state index is -3.55. The zero-order valence-electron chi connectivity index (χ0n) is 26.3. The number of carbonyl (C=O) groups excluding carboxylic acids is 3. The number of nitrogens with one attached hydrogen (secondary N) is 3. The second-order valence-electron chi connectivity index (χ2n) is 11.4. The molecular weight excluding hydrogens is 634 g/mol. The summed E-state index contributed by atoms with van der Waals surface area (Å²) in [7, 11) is -4.32. The molecule has 2 aromatic rings. The van der Waals surface area contributed by atoms with Crippen molar-refractivity contribution in [3.63, 3.8) is 0 Å². The molecule has 2 unspecified atom stereocenters. The van der Waals surface area contributed by atoms with Gasteiger partial charge in [0.1, 0.15) is 18.2 Å². The molecule has 1 aromatic carbocycles. The Bertz CT molecular complexity index is 1340. The summed E-state index contributed by atoms with van der Waals surface area (Å²) >= 11 is 0. The van der Waals surface area contributed by atoms with Crippen molar-refractivity contribution >= 4 is 38.8 Å². The van der Waals surface area contributed by atoms with Crippen molar-refractivity contribution in [1.82, 2.24) is 30.8 Å². The Labute approximate surface area is 273 Å². The van der Waals surface area contributed by atoms with E-state index >= 15 is 0 Å². The van der Waals surface area contributed by atoms with Crippen LogP contribution in [0.4, 0.5) is 0 Å². The van der Waals surface area contributed by atoms with Gasteiger partial charge in [-0.3, -0.25) is 24.3 Å². The van der Waals surface area contributed by atoms with Gasteiger partial charge in [-0.15, -0.1) is 0 Å². The number of aromatic nitrogens is 2. The van der Waals surface area contributed by atoms with Crippen molar-refractivity contribution in [3.8, 4) is 0 Å². The lowest BCUT2D eigenvalue weighted by molar-refractivity contribution is -0.153. The van der Waals surface area contributed by atoms with Crippen molar-refractivity contribution in [1.29, 1.82) is 0 Å². The maximum Gasteiger partial charge on any atom is 0.554 e. The predicted molar refractivity (Wildman–Crippen MR) is 169 cm³/mol. The van der Waals surface area contributed by atoms with Crippen molar-refractivity contribution in [2.75, 3.05) is 39.4 Å². The molecular formula is C29H41BN6O10P+. The van der Waals surface area contributed by atoms with E-state index in [9.17, 15) is 28.8 Å². The zero-order chi connectivity index (χ0) is 34.4. The molecule has 4 atom stereocenters. The monoisotopic (exact) mass is 675 g/mol. The van der Waals surface area contributed by atoms with Crippen LogP contribution in [0, 0.1) is 5.92 Å². The third-order valence-electron chi connectivity index (χ3n) is 7.28. The molecule has 0 aliphatic carbocycles. The Balaban J connectivity index is 1.58. The van der Waals surface area contributed by atoms with Crippen LogP contribution in [0.2, 0.25) is 0 Å². The third-order valence-corrected chi connectivity index (χ3v) is 8.26. The second kappa shape index (κ2) is 18.5. The van der Waals surface area contributed by atoms with Crippen molar-refractivity contribution < 1.29 is 48.2 Å². The maximum atomic E-state index is 13.7. The van der Waals surface area contributed by atoms with Crippen LogP contribution in [0.1, 0.15) is 42.7 Å². The lowest BCUT2D eigenvalue weighted by Crippen LogP contribution is -2.57. The summed E-state index contributed by atoms with van der Waals surface area (Å²) in [6, 6.07) is 8.37. The van der Waals surface area contributed by atoms with Gasteiger partial charge in [-0.05, 0) is 22.5 Å². The van der Waals surface area contributed by atoms with E-state index in [1.807, 2.05) is 49.1 Å². The van der Waals surface area contributed by atoms with Crippen LogP contribution in [0.3, 0.4) is 0 Å². The molecule has 254 valence electrons. The fraction of sp³-hybridized carbons (Fsp3) is 0.517. The van der Waals surface area contributed by atoms with Gasteiger partial charge in [0.25, 0.3) is 5.91 Å². The van der Waals surface area contributed by atoms with Crippen molar-refractivity contribution in [3.05, 3.63) is 60.2 Å². The number of hydrogen-bond acceptors (Lipinski definition) is 11. The van der Waals surface area contributed by atoms with Gasteiger partial charge < -0.3 is 35.5 Å². The standard InChI is InChI=1S/C29H40BN6O10P/c1-20(2)16-24(35-26(38)22(17-21-6-4-3-5-7-21)34-27(39)23-19-31-8-9-32-23)30-45-14-12-36(13-15-46-30)11-10-33-25(37)18-29(42,28(40)41)47(43)44/h3-9,19-20,22,24,42H,10-18H2,1-2H3,(H4-,33,34,35,37,38,39,40,41,43,44)/p+1/t22-,24-,29?/m1/s1. The highest BCUT2D eigenvalue weighted by molar-refractivity contribution is 7.41. The van der Waals surface area contributed by atoms with Gasteiger partial charge in [-0.1, -0.05) is 44.2 Å². The molecule has 18 heteroatoms. The molecule has 47 heavy (non-hydrogen) atoms. The number of carbonyl (C=O) groups is 4. The first-order chi connectivity index (χ1) is 22.4. The lowest BCUT2D eigenvalue weighted by atomic mass is 9.73. The number of benzene rings is 1. The van der Waals surface area contributed by atoms with E-state index in [4.69, 9.17) is 19.3 Å². The summed E-state index contributed by atoms with van der Waals surface area (Å²) in [6.07, 6.45) is 3.86. The summed E-state index contributed by atoms with van der Waals surface area (Å²) in [6.45, 7) is 5.77. The molecule has 0 bridgehead atoms. The number of amides is 3. The highest BCUT2D eigenvalue weighted by Gasteiger charge is 2.57. The van der Waals surface area contributed by atoms with E-state index in [1.54, 1.807) is 0 Å². The number of aliphatic hydroxyl groups is 1. The normalized spacial score (nSPS) is 17.0. The fourth-order valence-electron chi connectivity index (χ4n) is 4.81. The number of carboxylic acid groups (broad SMARTS) is 1. The highest BCUT2D eigenvalue weighted by atomic mass is 31.1. The summed E-state index contributed by atoms with van der Waals surface area (Å²) in [4.78, 5) is 68.9. The lowest BCUT2D eigenvalue weighted by Gasteiger charge is -2.32. The van der Waals surface area contributed by atoms with Crippen LogP contribution in [0.5, 0.6) is 0 Å². The Kier molecular flexibility index (Phi) is 14.8. The van der Waals surface area contributed by atoms with Crippen LogP contribution in [0.15, 0.2) is 48.9 Å².